The van der Waals surface area contributed by atoms with Crippen LogP contribution in [0.2, 0.25) is 0 Å². The summed E-state index contributed by atoms with van der Waals surface area (Å²) in [6, 6.07) is 1.39. The second kappa shape index (κ2) is 5.11. The van der Waals surface area contributed by atoms with Gasteiger partial charge in [-0.15, -0.1) is 0 Å². The first-order valence-electron chi connectivity index (χ1n) is 4.70. The van der Waals surface area contributed by atoms with Crippen molar-refractivity contribution in [3.05, 3.63) is 28.2 Å². The van der Waals surface area contributed by atoms with Crippen LogP contribution in [0.4, 0.5) is 13.2 Å². The van der Waals surface area contributed by atoms with Crippen molar-refractivity contribution in [3.63, 3.8) is 0 Å². The van der Waals surface area contributed by atoms with Gasteiger partial charge in [0.15, 0.2) is 0 Å². The number of nitrogens with one attached hydrogen (secondary N) is 1. The number of nitrogens with zero attached hydrogens (tertiary/aromatic N) is 2. The Morgan fingerprint density at radius 2 is 2.19 bits per heavy atom. The molecule has 0 fully saturated rings. The molecular formula is C9H12F3N3O. The summed E-state index contributed by atoms with van der Waals surface area (Å²) in [7, 11) is 0. The molecule has 0 amide bonds. The molecule has 0 bridgehead atoms. The first-order valence-corrected chi connectivity index (χ1v) is 4.70. The van der Waals surface area contributed by atoms with Crippen molar-refractivity contribution in [1.29, 1.82) is 0 Å². The number of halogens is 3. The van der Waals surface area contributed by atoms with Crippen molar-refractivity contribution in [3.8, 4) is 0 Å². The fourth-order valence-corrected chi connectivity index (χ4v) is 1.11. The van der Waals surface area contributed by atoms with Crippen molar-refractivity contribution < 1.29 is 13.2 Å². The van der Waals surface area contributed by atoms with Crippen LogP contribution in [0.1, 0.15) is 5.56 Å². The molecule has 1 aromatic rings. The van der Waals surface area contributed by atoms with Crippen LogP contribution in [0.25, 0.3) is 0 Å². The molecular weight excluding hydrogens is 223 g/mol. The quantitative estimate of drug-likeness (QED) is 0.781. The number of aromatic nitrogens is 2. The van der Waals surface area contributed by atoms with E-state index in [4.69, 9.17) is 0 Å². The Balaban J connectivity index is 2.41. The van der Waals surface area contributed by atoms with Crippen LogP contribution in [-0.2, 0) is 6.54 Å². The van der Waals surface area contributed by atoms with Crippen LogP contribution >= 0.6 is 0 Å². The van der Waals surface area contributed by atoms with Crippen LogP contribution in [0.15, 0.2) is 17.1 Å². The average molecular weight is 235 g/mol. The smallest absolute Gasteiger partial charge is 0.307 e. The molecule has 16 heavy (non-hydrogen) atoms. The third-order valence-corrected chi connectivity index (χ3v) is 1.83. The minimum atomic E-state index is -4.23. The van der Waals surface area contributed by atoms with Gasteiger partial charge in [0, 0.05) is 12.6 Å². The van der Waals surface area contributed by atoms with Crippen molar-refractivity contribution in [1.82, 2.24) is 15.1 Å². The second-order valence-electron chi connectivity index (χ2n) is 3.39. The van der Waals surface area contributed by atoms with Gasteiger partial charge >= 0.3 is 6.18 Å². The Bertz CT molecular complexity index is 400. The topological polar surface area (TPSA) is 46.9 Å². The zero-order valence-corrected chi connectivity index (χ0v) is 8.71. The predicted octanol–water partition coefficient (Wildman–Crippen LogP) is 0.704. The van der Waals surface area contributed by atoms with E-state index in [9.17, 15) is 18.0 Å². The number of alkyl halides is 3. The summed E-state index contributed by atoms with van der Waals surface area (Å²) in [5.74, 6) is 0. The molecule has 0 aliphatic heterocycles. The van der Waals surface area contributed by atoms with Crippen LogP contribution in [0.5, 0.6) is 0 Å². The van der Waals surface area contributed by atoms with Gasteiger partial charge in [0.25, 0.3) is 5.56 Å². The molecule has 0 aliphatic rings. The summed E-state index contributed by atoms with van der Waals surface area (Å²) in [5, 5.41) is 5.99. The molecule has 1 rings (SSSR count). The van der Waals surface area contributed by atoms with Gasteiger partial charge in [-0.1, -0.05) is 0 Å². The molecule has 0 radical (unpaired) electrons. The van der Waals surface area contributed by atoms with Crippen LogP contribution in [0.3, 0.4) is 0 Å². The van der Waals surface area contributed by atoms with E-state index in [1.807, 2.05) is 0 Å². The van der Waals surface area contributed by atoms with Crippen LogP contribution < -0.4 is 10.9 Å². The predicted molar refractivity (Wildman–Crippen MR) is 52.2 cm³/mol. The van der Waals surface area contributed by atoms with E-state index in [0.717, 1.165) is 10.2 Å². The lowest BCUT2D eigenvalue weighted by molar-refractivity contribution is -0.124. The Morgan fingerprint density at radius 1 is 1.50 bits per heavy atom. The maximum atomic E-state index is 11.8. The second-order valence-corrected chi connectivity index (χ2v) is 3.39. The summed E-state index contributed by atoms with van der Waals surface area (Å²) >= 11 is 0. The fraction of sp³-hybridized carbons (Fsp3) is 0.556. The van der Waals surface area contributed by atoms with Gasteiger partial charge in [-0.05, 0) is 12.5 Å². The van der Waals surface area contributed by atoms with Crippen LogP contribution in [0, 0.1) is 6.92 Å². The monoisotopic (exact) mass is 235 g/mol. The average Bonchev–Trinajstić information content (AvgIpc) is 2.13. The lowest BCUT2D eigenvalue weighted by atomic mass is 10.3. The van der Waals surface area contributed by atoms with Crippen LogP contribution in [-0.4, -0.2) is 29.0 Å². The Labute approximate surface area is 90.1 Å². The molecule has 0 saturated heterocycles. The van der Waals surface area contributed by atoms with Crippen molar-refractivity contribution in [2.45, 2.75) is 19.6 Å². The third-order valence-electron chi connectivity index (χ3n) is 1.83. The van der Waals surface area contributed by atoms with E-state index >= 15 is 0 Å². The lowest BCUT2D eigenvalue weighted by Crippen LogP contribution is -2.33. The third kappa shape index (κ3) is 4.43. The van der Waals surface area contributed by atoms with Crippen molar-refractivity contribution in [2.24, 2.45) is 0 Å². The van der Waals surface area contributed by atoms with Crippen molar-refractivity contribution in [2.75, 3.05) is 13.1 Å². The summed E-state index contributed by atoms with van der Waals surface area (Å²) in [5.41, 5.74) is 0.415. The maximum Gasteiger partial charge on any atom is 0.401 e. The highest BCUT2D eigenvalue weighted by Gasteiger charge is 2.25. The number of aryl methyl sites for hydroxylation is 1. The van der Waals surface area contributed by atoms with E-state index in [2.05, 4.69) is 10.4 Å². The number of hydrogen-bond donors (Lipinski definition) is 1. The Hall–Kier alpha value is -1.37. The highest BCUT2D eigenvalue weighted by atomic mass is 19.4. The summed E-state index contributed by atoms with van der Waals surface area (Å²) < 4.78 is 36.4. The highest BCUT2D eigenvalue weighted by molar-refractivity contribution is 5.02. The lowest BCUT2D eigenvalue weighted by Gasteiger charge is -2.08. The molecule has 0 saturated carbocycles. The molecule has 1 aromatic heterocycles. The molecule has 0 aromatic carbocycles. The Morgan fingerprint density at radius 3 is 2.75 bits per heavy atom. The molecule has 4 nitrogen and oxygen atoms in total. The maximum absolute atomic E-state index is 11.8. The summed E-state index contributed by atoms with van der Waals surface area (Å²) in [6.45, 7) is 0.832. The van der Waals surface area contributed by atoms with Gasteiger partial charge in [0.2, 0.25) is 0 Å². The summed E-state index contributed by atoms with van der Waals surface area (Å²) in [6.07, 6.45) is -2.74. The minimum absolute atomic E-state index is 0.0511. The molecule has 1 heterocycles. The van der Waals surface area contributed by atoms with E-state index in [-0.39, 0.29) is 18.6 Å². The number of rotatable bonds is 4. The molecule has 7 heteroatoms. The molecule has 0 aliphatic carbocycles. The van der Waals surface area contributed by atoms with Gasteiger partial charge in [0.05, 0.1) is 19.3 Å². The SMILES string of the molecule is Cc1cnn(CCNCC(F)(F)F)c(=O)c1. The molecule has 0 atom stereocenters. The largest absolute Gasteiger partial charge is 0.401 e. The zero-order chi connectivity index (χ0) is 12.2. The molecule has 0 unspecified atom stereocenters. The molecule has 90 valence electrons. The molecule has 0 spiro atoms. The molecule has 1 N–H and O–H groups in total. The van der Waals surface area contributed by atoms with E-state index < -0.39 is 12.7 Å². The first-order chi connectivity index (χ1) is 7.38. The van der Waals surface area contributed by atoms with E-state index in [1.54, 1.807) is 6.92 Å². The van der Waals surface area contributed by atoms with Gasteiger partial charge in [-0.25, -0.2) is 4.68 Å². The van der Waals surface area contributed by atoms with Crippen molar-refractivity contribution >= 4 is 0 Å². The Kier molecular flexibility index (Phi) is 4.05. The fourth-order valence-electron chi connectivity index (χ4n) is 1.11. The number of hydrogen-bond acceptors (Lipinski definition) is 3. The first kappa shape index (κ1) is 12.7. The van der Waals surface area contributed by atoms with Gasteiger partial charge in [0.1, 0.15) is 0 Å². The van der Waals surface area contributed by atoms with E-state index in [0.29, 0.717) is 0 Å². The van der Waals surface area contributed by atoms with Gasteiger partial charge in [-0.2, -0.15) is 18.3 Å². The van der Waals surface area contributed by atoms with E-state index in [1.165, 1.54) is 12.3 Å². The standard InChI is InChI=1S/C9H12F3N3O/c1-7-4-8(16)15(14-5-7)3-2-13-6-9(10,11)12/h4-5,13H,2-3,6H2,1H3. The minimum Gasteiger partial charge on any atom is -0.307 e. The zero-order valence-electron chi connectivity index (χ0n) is 8.71. The summed E-state index contributed by atoms with van der Waals surface area (Å²) in [4.78, 5) is 11.3. The highest BCUT2D eigenvalue weighted by Crippen LogP contribution is 2.11. The van der Waals surface area contributed by atoms with Gasteiger partial charge < -0.3 is 5.32 Å². The van der Waals surface area contributed by atoms with Gasteiger partial charge in [-0.3, -0.25) is 4.79 Å². The normalized spacial score (nSPS) is 11.8.